The Morgan fingerprint density at radius 1 is 1.00 bits per heavy atom. The fourth-order valence-electron chi connectivity index (χ4n) is 3.13. The van der Waals surface area contributed by atoms with Gasteiger partial charge in [-0.25, -0.2) is 17.9 Å². The van der Waals surface area contributed by atoms with E-state index in [4.69, 9.17) is 4.74 Å². The number of anilines is 1. The van der Waals surface area contributed by atoms with Crippen LogP contribution in [0, 0.1) is 0 Å². The first-order valence-corrected chi connectivity index (χ1v) is 11.9. The third kappa shape index (κ3) is 7.48. The molecule has 1 aliphatic rings. The molecule has 1 saturated heterocycles. The molecule has 1 aliphatic heterocycles. The molecule has 2 N–H and O–H groups in total. The first kappa shape index (κ1) is 25.1. The summed E-state index contributed by atoms with van der Waals surface area (Å²) in [4.78, 5) is 28.6. The third-order valence-electron chi connectivity index (χ3n) is 4.72. The number of piperazine rings is 1. The predicted octanol–water partition coefficient (Wildman–Crippen LogP) is 2.25. The second-order valence-electron chi connectivity index (χ2n) is 8.97. The van der Waals surface area contributed by atoms with Crippen molar-refractivity contribution in [3.05, 3.63) is 24.3 Å². The van der Waals surface area contributed by atoms with Crippen LogP contribution in [0.25, 0.3) is 0 Å². The lowest BCUT2D eigenvalue weighted by molar-refractivity contribution is -0.121. The number of carbonyl (C=O) groups excluding carboxylic acids is 2. The number of hydrogen-bond donors (Lipinski definition) is 2. The van der Waals surface area contributed by atoms with Crippen molar-refractivity contribution in [3.63, 3.8) is 0 Å². The van der Waals surface area contributed by atoms with E-state index in [0.717, 1.165) is 0 Å². The number of carbonyl (C=O) groups is 2. The Kier molecular flexibility index (Phi) is 8.07. The number of nitrogens with zero attached hydrogens (tertiary/aromatic N) is 2. The molecule has 1 aromatic carbocycles. The number of rotatable bonds is 6. The maximum absolute atomic E-state index is 12.7. The summed E-state index contributed by atoms with van der Waals surface area (Å²) in [7, 11) is -3.58. The number of ether oxygens (including phenoxy) is 1. The van der Waals surface area contributed by atoms with Crippen LogP contribution in [0.4, 0.5) is 10.5 Å². The van der Waals surface area contributed by atoms with Gasteiger partial charge >= 0.3 is 6.09 Å². The van der Waals surface area contributed by atoms with E-state index in [1.54, 1.807) is 30.9 Å². The average Bonchev–Trinajstić information content (AvgIpc) is 2.65. The topological polar surface area (TPSA) is 108 Å². The molecule has 0 spiro atoms. The highest BCUT2D eigenvalue weighted by atomic mass is 32.2. The molecule has 1 aromatic rings. The van der Waals surface area contributed by atoms with Crippen LogP contribution >= 0.6 is 0 Å². The highest BCUT2D eigenvalue weighted by Crippen LogP contribution is 2.17. The van der Waals surface area contributed by atoms with E-state index in [1.165, 1.54) is 12.1 Å². The summed E-state index contributed by atoms with van der Waals surface area (Å²) in [5.41, 5.74) is -0.0195. The molecule has 0 aromatic heterocycles. The highest BCUT2D eigenvalue weighted by molar-refractivity contribution is 7.89. The largest absolute Gasteiger partial charge is 0.444 e. The Morgan fingerprint density at radius 2 is 1.55 bits per heavy atom. The van der Waals surface area contributed by atoms with Crippen molar-refractivity contribution in [2.75, 3.05) is 31.5 Å². The summed E-state index contributed by atoms with van der Waals surface area (Å²) in [6, 6.07) is 5.46. The molecule has 0 saturated carbocycles. The van der Waals surface area contributed by atoms with Gasteiger partial charge in [-0.1, -0.05) is 0 Å². The third-order valence-corrected chi connectivity index (χ3v) is 6.39. The summed E-state index contributed by atoms with van der Waals surface area (Å²) in [6.07, 6.45) is -0.341. The van der Waals surface area contributed by atoms with Gasteiger partial charge < -0.3 is 15.0 Å². The van der Waals surface area contributed by atoms with E-state index < -0.39 is 21.7 Å². The smallest absolute Gasteiger partial charge is 0.410 e. The maximum atomic E-state index is 12.7. The monoisotopic (exact) mass is 454 g/mol. The molecule has 2 amide bonds. The summed E-state index contributed by atoms with van der Waals surface area (Å²) < 4.78 is 32.3. The minimum Gasteiger partial charge on any atom is -0.444 e. The number of nitrogens with one attached hydrogen (secondary N) is 2. The zero-order valence-corrected chi connectivity index (χ0v) is 20.0. The quantitative estimate of drug-likeness (QED) is 0.683. The van der Waals surface area contributed by atoms with E-state index in [2.05, 4.69) is 10.0 Å². The highest BCUT2D eigenvalue weighted by Gasteiger charge is 2.29. The van der Waals surface area contributed by atoms with Gasteiger partial charge in [-0.15, -0.1) is 0 Å². The molecule has 0 bridgehead atoms. The zero-order valence-electron chi connectivity index (χ0n) is 19.1. The minimum atomic E-state index is -3.58. The van der Waals surface area contributed by atoms with Gasteiger partial charge in [0.25, 0.3) is 0 Å². The summed E-state index contributed by atoms with van der Waals surface area (Å²) in [6.45, 7) is 12.9. The Hall–Kier alpha value is -2.17. The molecule has 31 heavy (non-hydrogen) atoms. The van der Waals surface area contributed by atoms with Crippen molar-refractivity contribution in [2.45, 2.75) is 64.1 Å². The van der Waals surface area contributed by atoms with E-state index in [1.807, 2.05) is 32.6 Å². The van der Waals surface area contributed by atoms with E-state index in [0.29, 0.717) is 31.9 Å². The maximum Gasteiger partial charge on any atom is 0.410 e. The van der Waals surface area contributed by atoms with Crippen LogP contribution in [0.15, 0.2) is 29.2 Å². The van der Waals surface area contributed by atoms with Crippen molar-refractivity contribution in [1.29, 1.82) is 0 Å². The van der Waals surface area contributed by atoms with Crippen LogP contribution < -0.4 is 10.0 Å². The van der Waals surface area contributed by atoms with Crippen molar-refractivity contribution in [1.82, 2.24) is 14.5 Å². The van der Waals surface area contributed by atoms with Gasteiger partial charge in [0, 0.05) is 37.9 Å². The molecule has 0 aliphatic carbocycles. The second kappa shape index (κ2) is 9.97. The van der Waals surface area contributed by atoms with Gasteiger partial charge in [-0.05, 0) is 65.8 Å². The molecule has 1 fully saturated rings. The Morgan fingerprint density at radius 3 is 2.03 bits per heavy atom. The standard InChI is InChI=1S/C21H34N4O5S/c1-15(2)23-31(28,29)18-9-7-17(8-10-18)22-19(26)16(3)24-11-13-25(14-12-24)20(27)30-21(4,5)6/h7-10,15-16,23H,11-14H2,1-6H3,(H,22,26)/t16-/m0/s1. The van der Waals surface area contributed by atoms with Crippen molar-refractivity contribution >= 4 is 27.7 Å². The Bertz CT molecular complexity index is 870. The number of hydrogen-bond acceptors (Lipinski definition) is 6. The number of benzene rings is 1. The first-order chi connectivity index (χ1) is 14.3. The van der Waals surface area contributed by atoms with Crippen molar-refractivity contribution < 1.29 is 22.7 Å². The number of sulfonamides is 1. The molecule has 10 heteroatoms. The fourth-order valence-corrected chi connectivity index (χ4v) is 4.38. The van der Waals surface area contributed by atoms with E-state index in [-0.39, 0.29) is 22.9 Å². The lowest BCUT2D eigenvalue weighted by Gasteiger charge is -2.37. The van der Waals surface area contributed by atoms with Crippen LogP contribution in [-0.4, -0.2) is 74.1 Å². The molecule has 9 nitrogen and oxygen atoms in total. The lowest BCUT2D eigenvalue weighted by atomic mass is 10.2. The van der Waals surface area contributed by atoms with Crippen molar-refractivity contribution in [2.24, 2.45) is 0 Å². The summed E-state index contributed by atoms with van der Waals surface area (Å²) in [5, 5.41) is 2.82. The van der Waals surface area contributed by atoms with Gasteiger partial charge in [0.05, 0.1) is 10.9 Å². The van der Waals surface area contributed by atoms with Gasteiger partial charge in [-0.3, -0.25) is 9.69 Å². The molecule has 0 radical (unpaired) electrons. The van der Waals surface area contributed by atoms with E-state index >= 15 is 0 Å². The molecule has 1 heterocycles. The second-order valence-corrected chi connectivity index (χ2v) is 10.7. The normalized spacial score (nSPS) is 16.8. The van der Waals surface area contributed by atoms with Crippen LogP contribution in [-0.2, 0) is 19.6 Å². The van der Waals surface area contributed by atoms with Gasteiger partial charge in [0.15, 0.2) is 0 Å². The molecular weight excluding hydrogens is 420 g/mol. The molecule has 174 valence electrons. The zero-order chi connectivity index (χ0) is 23.4. The molecule has 2 rings (SSSR count). The SMILES string of the molecule is CC(C)NS(=O)(=O)c1ccc(NC(=O)[C@H](C)N2CCN(C(=O)OC(C)(C)C)CC2)cc1. The molecule has 1 atom stereocenters. The van der Waals surface area contributed by atoms with Crippen LogP contribution in [0.1, 0.15) is 41.5 Å². The van der Waals surface area contributed by atoms with Crippen LogP contribution in [0.2, 0.25) is 0 Å². The minimum absolute atomic E-state index is 0.144. The first-order valence-electron chi connectivity index (χ1n) is 10.4. The fraction of sp³-hybridized carbons (Fsp3) is 0.619. The van der Waals surface area contributed by atoms with Crippen LogP contribution in [0.5, 0.6) is 0 Å². The lowest BCUT2D eigenvalue weighted by Crippen LogP contribution is -2.54. The Labute approximate surface area is 185 Å². The molecule has 0 unspecified atom stereocenters. The van der Waals surface area contributed by atoms with Gasteiger partial charge in [0.1, 0.15) is 5.60 Å². The summed E-state index contributed by atoms with van der Waals surface area (Å²) >= 11 is 0. The Balaban J connectivity index is 1.90. The number of amides is 2. The average molecular weight is 455 g/mol. The van der Waals surface area contributed by atoms with Gasteiger partial charge in [-0.2, -0.15) is 0 Å². The molecular formula is C21H34N4O5S. The predicted molar refractivity (Wildman–Crippen MR) is 119 cm³/mol. The van der Waals surface area contributed by atoms with Gasteiger partial charge in [0.2, 0.25) is 15.9 Å². The van der Waals surface area contributed by atoms with Crippen LogP contribution in [0.3, 0.4) is 0 Å². The van der Waals surface area contributed by atoms with E-state index in [9.17, 15) is 18.0 Å². The summed E-state index contributed by atoms with van der Waals surface area (Å²) in [5.74, 6) is -0.193. The van der Waals surface area contributed by atoms with Crippen molar-refractivity contribution in [3.8, 4) is 0 Å².